The summed E-state index contributed by atoms with van der Waals surface area (Å²) in [4.78, 5) is 22.9. The molecule has 0 aliphatic carbocycles. The quantitative estimate of drug-likeness (QED) is 0.827. The van der Waals surface area contributed by atoms with Crippen molar-refractivity contribution in [1.82, 2.24) is 5.32 Å². The van der Waals surface area contributed by atoms with Crippen molar-refractivity contribution in [3.8, 4) is 0 Å². The minimum Gasteiger partial charge on any atom is -0.450 e. The van der Waals surface area contributed by atoms with Gasteiger partial charge in [-0.3, -0.25) is 4.79 Å². The van der Waals surface area contributed by atoms with Crippen molar-refractivity contribution in [2.24, 2.45) is 0 Å². The molecule has 1 amide bonds. The number of esters is 1. The summed E-state index contributed by atoms with van der Waals surface area (Å²) in [6.45, 7) is 0.857. The average molecular weight is 332 g/mol. The Morgan fingerprint density at radius 2 is 2.32 bits per heavy atom. The smallest absolute Gasteiger partial charge is 0.374 e. The molecule has 0 saturated carbocycles. The first-order chi connectivity index (χ1) is 9.15. The Balaban J connectivity index is 1.66. The van der Waals surface area contributed by atoms with Crippen molar-refractivity contribution in [2.75, 3.05) is 19.8 Å². The highest BCUT2D eigenvalue weighted by atomic mass is 79.9. The fourth-order valence-electron chi connectivity index (χ4n) is 1.71. The maximum atomic E-state index is 11.5. The monoisotopic (exact) mass is 331 g/mol. The van der Waals surface area contributed by atoms with Crippen molar-refractivity contribution >= 4 is 27.8 Å². The molecule has 1 aromatic heterocycles. The van der Waals surface area contributed by atoms with E-state index < -0.39 is 5.97 Å². The van der Waals surface area contributed by atoms with E-state index in [1.54, 1.807) is 6.07 Å². The Kier molecular flexibility index (Phi) is 4.98. The molecule has 0 unspecified atom stereocenters. The van der Waals surface area contributed by atoms with Gasteiger partial charge in [0.25, 0.3) is 5.91 Å². The van der Waals surface area contributed by atoms with Crippen LogP contribution in [0.1, 0.15) is 23.4 Å². The molecule has 7 heteroatoms. The zero-order valence-corrected chi connectivity index (χ0v) is 11.8. The molecule has 1 N–H and O–H groups in total. The lowest BCUT2D eigenvalue weighted by molar-refractivity contribution is -0.124. The van der Waals surface area contributed by atoms with Gasteiger partial charge in [0.2, 0.25) is 5.76 Å². The van der Waals surface area contributed by atoms with Crippen LogP contribution in [0.15, 0.2) is 21.2 Å². The van der Waals surface area contributed by atoms with Gasteiger partial charge in [-0.25, -0.2) is 4.79 Å². The maximum Gasteiger partial charge on any atom is 0.374 e. The van der Waals surface area contributed by atoms with Gasteiger partial charge in [0.15, 0.2) is 11.3 Å². The highest BCUT2D eigenvalue weighted by molar-refractivity contribution is 9.10. The fraction of sp³-hybridized carbons (Fsp3) is 0.500. The van der Waals surface area contributed by atoms with Crippen LogP contribution in [0.3, 0.4) is 0 Å². The van der Waals surface area contributed by atoms with Gasteiger partial charge in [-0.1, -0.05) is 0 Å². The minimum atomic E-state index is -0.669. The lowest BCUT2D eigenvalue weighted by Crippen LogP contribution is -2.34. The molecule has 2 heterocycles. The zero-order valence-electron chi connectivity index (χ0n) is 10.2. The predicted octanol–water partition coefficient (Wildman–Crippen LogP) is 1.49. The van der Waals surface area contributed by atoms with Crippen LogP contribution < -0.4 is 5.32 Å². The Morgan fingerprint density at radius 1 is 1.47 bits per heavy atom. The van der Waals surface area contributed by atoms with Gasteiger partial charge < -0.3 is 19.2 Å². The molecule has 1 aliphatic rings. The number of carbonyl (C=O) groups excluding carboxylic acids is 2. The minimum absolute atomic E-state index is 0.0544. The summed E-state index contributed by atoms with van der Waals surface area (Å²) in [5.74, 6) is -0.966. The van der Waals surface area contributed by atoms with Crippen molar-refractivity contribution in [3.05, 3.63) is 22.6 Å². The third-order valence-corrected chi connectivity index (χ3v) is 3.09. The van der Waals surface area contributed by atoms with Crippen LogP contribution in [0.5, 0.6) is 0 Å². The van der Waals surface area contributed by atoms with Crippen LogP contribution in [-0.2, 0) is 14.3 Å². The molecule has 1 fully saturated rings. The molecular formula is C12H14BrNO5. The van der Waals surface area contributed by atoms with E-state index in [1.165, 1.54) is 6.07 Å². The molecule has 1 saturated heterocycles. The number of hydrogen-bond donors (Lipinski definition) is 1. The molecule has 0 bridgehead atoms. The van der Waals surface area contributed by atoms with Gasteiger partial charge in [0.05, 0.1) is 6.10 Å². The topological polar surface area (TPSA) is 77.8 Å². The number of nitrogens with one attached hydrogen (secondary N) is 1. The summed E-state index contributed by atoms with van der Waals surface area (Å²) < 4.78 is 15.6. The number of carbonyl (C=O) groups is 2. The van der Waals surface area contributed by atoms with Crippen molar-refractivity contribution in [1.29, 1.82) is 0 Å². The third kappa shape index (κ3) is 4.36. The Bertz CT molecular complexity index is 453. The van der Waals surface area contributed by atoms with Gasteiger partial charge >= 0.3 is 5.97 Å². The number of amides is 1. The van der Waals surface area contributed by atoms with Crippen LogP contribution in [0, 0.1) is 0 Å². The zero-order chi connectivity index (χ0) is 13.7. The molecule has 6 nitrogen and oxygen atoms in total. The Hall–Kier alpha value is -1.34. The van der Waals surface area contributed by atoms with Gasteiger partial charge in [0, 0.05) is 13.2 Å². The first-order valence-electron chi connectivity index (χ1n) is 5.96. The normalized spacial score (nSPS) is 18.3. The van der Waals surface area contributed by atoms with E-state index in [0.717, 1.165) is 19.4 Å². The molecule has 1 atom stereocenters. The lowest BCUT2D eigenvalue weighted by atomic mass is 10.2. The molecule has 1 aromatic rings. The molecule has 1 aliphatic heterocycles. The lowest BCUT2D eigenvalue weighted by Gasteiger charge is -2.10. The van der Waals surface area contributed by atoms with E-state index in [9.17, 15) is 9.59 Å². The van der Waals surface area contributed by atoms with Crippen molar-refractivity contribution in [3.63, 3.8) is 0 Å². The van der Waals surface area contributed by atoms with E-state index in [1.807, 2.05) is 0 Å². The van der Waals surface area contributed by atoms with E-state index in [2.05, 4.69) is 21.2 Å². The number of rotatable bonds is 5. The number of ether oxygens (including phenoxy) is 2. The molecule has 0 spiro atoms. The largest absolute Gasteiger partial charge is 0.450 e. The molecule has 2 rings (SSSR count). The second kappa shape index (κ2) is 6.72. The van der Waals surface area contributed by atoms with Crippen molar-refractivity contribution in [2.45, 2.75) is 18.9 Å². The second-order valence-corrected chi connectivity index (χ2v) is 4.90. The summed E-state index contributed by atoms with van der Waals surface area (Å²) in [7, 11) is 0. The summed E-state index contributed by atoms with van der Waals surface area (Å²) in [5.41, 5.74) is 0. The van der Waals surface area contributed by atoms with Crippen LogP contribution in [0.25, 0.3) is 0 Å². The maximum absolute atomic E-state index is 11.5. The van der Waals surface area contributed by atoms with Gasteiger partial charge in [-0.15, -0.1) is 0 Å². The van der Waals surface area contributed by atoms with E-state index in [0.29, 0.717) is 11.2 Å². The summed E-state index contributed by atoms with van der Waals surface area (Å²) in [5, 5.41) is 2.66. The molecule has 104 valence electrons. The van der Waals surface area contributed by atoms with Gasteiger partial charge in [0.1, 0.15) is 0 Å². The summed E-state index contributed by atoms with van der Waals surface area (Å²) in [6.07, 6.45) is 2.03. The van der Waals surface area contributed by atoms with Crippen LogP contribution in [0.2, 0.25) is 0 Å². The first kappa shape index (κ1) is 14.1. The standard InChI is InChI=1S/C12H14BrNO5/c13-10-4-3-9(19-10)12(16)18-7-11(15)14-6-8-2-1-5-17-8/h3-4,8H,1-2,5-7H2,(H,14,15)/t8-/m1/s1. The number of furan rings is 1. The fourth-order valence-corrected chi connectivity index (χ4v) is 2.02. The molecule has 19 heavy (non-hydrogen) atoms. The summed E-state index contributed by atoms with van der Waals surface area (Å²) >= 11 is 3.08. The summed E-state index contributed by atoms with van der Waals surface area (Å²) in [6, 6.07) is 3.05. The SMILES string of the molecule is O=C(COC(=O)c1ccc(Br)o1)NC[C@H]1CCCO1. The Morgan fingerprint density at radius 3 is 2.95 bits per heavy atom. The van der Waals surface area contributed by atoms with Crippen LogP contribution in [0.4, 0.5) is 0 Å². The number of hydrogen-bond acceptors (Lipinski definition) is 5. The van der Waals surface area contributed by atoms with Gasteiger partial charge in [-0.05, 0) is 40.9 Å². The molecular weight excluding hydrogens is 318 g/mol. The Labute approximate surface area is 118 Å². The highest BCUT2D eigenvalue weighted by Gasteiger charge is 2.17. The number of halogens is 1. The highest BCUT2D eigenvalue weighted by Crippen LogP contribution is 2.14. The van der Waals surface area contributed by atoms with Crippen LogP contribution in [-0.4, -0.2) is 37.7 Å². The first-order valence-corrected chi connectivity index (χ1v) is 6.75. The molecule has 0 aromatic carbocycles. The van der Waals surface area contributed by atoms with Gasteiger partial charge in [-0.2, -0.15) is 0 Å². The predicted molar refractivity (Wildman–Crippen MR) is 68.7 cm³/mol. The van der Waals surface area contributed by atoms with Crippen LogP contribution >= 0.6 is 15.9 Å². The third-order valence-electron chi connectivity index (χ3n) is 2.66. The molecule has 0 radical (unpaired) electrons. The van der Waals surface area contributed by atoms with E-state index in [-0.39, 0.29) is 24.4 Å². The van der Waals surface area contributed by atoms with E-state index >= 15 is 0 Å². The van der Waals surface area contributed by atoms with E-state index in [4.69, 9.17) is 13.9 Å². The average Bonchev–Trinajstić information content (AvgIpc) is 3.04. The van der Waals surface area contributed by atoms with Crippen molar-refractivity contribution < 1.29 is 23.5 Å². The second-order valence-electron chi connectivity index (χ2n) is 4.12.